The number of hydrogen-bond acceptors (Lipinski definition) is 3. The number of nitrogens with zero attached hydrogens (tertiary/aromatic N) is 1. The Labute approximate surface area is 105 Å². The molecule has 96 valence electrons. The van der Waals surface area contributed by atoms with E-state index in [0.717, 1.165) is 37.4 Å². The molecular weight excluding hydrogens is 212 g/mol. The highest BCUT2D eigenvalue weighted by molar-refractivity contribution is 5.67. The highest BCUT2D eigenvalue weighted by Crippen LogP contribution is 2.25. The number of nitrogens with two attached hydrogens (primary N) is 1. The molecule has 0 bridgehead atoms. The zero-order valence-electron chi connectivity index (χ0n) is 11.1. The number of anilines is 2. The molecular formula is C14H24N2O. The van der Waals surface area contributed by atoms with Gasteiger partial charge >= 0.3 is 0 Å². The van der Waals surface area contributed by atoms with Crippen LogP contribution in [0.2, 0.25) is 0 Å². The summed E-state index contributed by atoms with van der Waals surface area (Å²) in [5.74, 6) is 0. The number of ether oxygens (including phenoxy) is 1. The van der Waals surface area contributed by atoms with E-state index in [1.54, 1.807) is 7.11 Å². The van der Waals surface area contributed by atoms with E-state index >= 15 is 0 Å². The SMILES string of the molecule is CCCN(c1ccccc1N)C(C)CCOC. The van der Waals surface area contributed by atoms with Crippen LogP contribution in [0, 0.1) is 0 Å². The number of nitrogen functional groups attached to an aromatic ring is 1. The Hall–Kier alpha value is -1.22. The zero-order chi connectivity index (χ0) is 12.7. The van der Waals surface area contributed by atoms with Crippen molar-refractivity contribution in [1.82, 2.24) is 0 Å². The molecule has 0 spiro atoms. The summed E-state index contributed by atoms with van der Waals surface area (Å²) in [7, 11) is 1.74. The van der Waals surface area contributed by atoms with E-state index in [-0.39, 0.29) is 0 Å². The van der Waals surface area contributed by atoms with Crippen LogP contribution in [0.15, 0.2) is 24.3 Å². The van der Waals surface area contributed by atoms with Crippen LogP contribution in [0.3, 0.4) is 0 Å². The van der Waals surface area contributed by atoms with Crippen molar-refractivity contribution in [2.24, 2.45) is 0 Å². The van der Waals surface area contributed by atoms with Crippen molar-refractivity contribution in [3.05, 3.63) is 24.3 Å². The summed E-state index contributed by atoms with van der Waals surface area (Å²) < 4.78 is 5.15. The molecule has 0 amide bonds. The number of benzene rings is 1. The Bertz CT molecular complexity index is 328. The van der Waals surface area contributed by atoms with E-state index in [9.17, 15) is 0 Å². The summed E-state index contributed by atoms with van der Waals surface area (Å²) in [4.78, 5) is 2.37. The molecule has 0 aromatic heterocycles. The third-order valence-corrected chi connectivity index (χ3v) is 2.98. The molecule has 2 N–H and O–H groups in total. The van der Waals surface area contributed by atoms with Crippen LogP contribution >= 0.6 is 0 Å². The molecule has 1 atom stereocenters. The van der Waals surface area contributed by atoms with Crippen LogP contribution in [0.4, 0.5) is 11.4 Å². The molecule has 1 aromatic carbocycles. The lowest BCUT2D eigenvalue weighted by atomic mass is 10.1. The van der Waals surface area contributed by atoms with Crippen molar-refractivity contribution in [2.45, 2.75) is 32.7 Å². The van der Waals surface area contributed by atoms with Crippen molar-refractivity contribution in [3.8, 4) is 0 Å². The average molecular weight is 236 g/mol. The van der Waals surface area contributed by atoms with Gasteiger partial charge in [-0.2, -0.15) is 0 Å². The van der Waals surface area contributed by atoms with Crippen LogP contribution in [0.25, 0.3) is 0 Å². The smallest absolute Gasteiger partial charge is 0.0602 e. The maximum Gasteiger partial charge on any atom is 0.0602 e. The molecule has 3 nitrogen and oxygen atoms in total. The fourth-order valence-corrected chi connectivity index (χ4v) is 2.01. The molecule has 0 radical (unpaired) electrons. The first kappa shape index (κ1) is 13.8. The molecule has 0 aliphatic carbocycles. The van der Waals surface area contributed by atoms with Gasteiger partial charge in [-0.05, 0) is 31.9 Å². The number of para-hydroxylation sites is 2. The predicted octanol–water partition coefficient (Wildman–Crippen LogP) is 2.91. The molecule has 0 saturated carbocycles. The first-order valence-corrected chi connectivity index (χ1v) is 6.30. The number of hydrogen-bond donors (Lipinski definition) is 1. The van der Waals surface area contributed by atoms with Gasteiger partial charge in [0.15, 0.2) is 0 Å². The molecule has 0 saturated heterocycles. The van der Waals surface area contributed by atoms with E-state index in [4.69, 9.17) is 10.5 Å². The van der Waals surface area contributed by atoms with E-state index in [1.165, 1.54) is 0 Å². The first-order chi connectivity index (χ1) is 8.20. The summed E-state index contributed by atoms with van der Waals surface area (Å²) in [5.41, 5.74) is 8.03. The number of methoxy groups -OCH3 is 1. The lowest BCUT2D eigenvalue weighted by molar-refractivity contribution is 0.188. The van der Waals surface area contributed by atoms with Crippen LogP contribution in [-0.4, -0.2) is 26.3 Å². The quantitative estimate of drug-likeness (QED) is 0.740. The Morgan fingerprint density at radius 1 is 1.35 bits per heavy atom. The molecule has 0 aliphatic rings. The molecule has 1 aromatic rings. The van der Waals surface area contributed by atoms with E-state index < -0.39 is 0 Å². The van der Waals surface area contributed by atoms with Crippen molar-refractivity contribution < 1.29 is 4.74 Å². The van der Waals surface area contributed by atoms with E-state index in [2.05, 4.69) is 24.8 Å². The molecule has 0 aliphatic heterocycles. The van der Waals surface area contributed by atoms with Crippen molar-refractivity contribution in [2.75, 3.05) is 30.9 Å². The fourth-order valence-electron chi connectivity index (χ4n) is 2.01. The maximum atomic E-state index is 6.05. The highest BCUT2D eigenvalue weighted by atomic mass is 16.5. The first-order valence-electron chi connectivity index (χ1n) is 6.30. The average Bonchev–Trinajstić information content (AvgIpc) is 2.34. The number of rotatable bonds is 7. The predicted molar refractivity (Wildman–Crippen MR) is 74.4 cm³/mol. The molecule has 1 rings (SSSR count). The second kappa shape index (κ2) is 7.17. The van der Waals surface area contributed by atoms with E-state index in [0.29, 0.717) is 6.04 Å². The van der Waals surface area contributed by atoms with Gasteiger partial charge < -0.3 is 15.4 Å². The van der Waals surface area contributed by atoms with Crippen LogP contribution in [-0.2, 0) is 4.74 Å². The van der Waals surface area contributed by atoms with Gasteiger partial charge in [0.25, 0.3) is 0 Å². The Morgan fingerprint density at radius 2 is 2.06 bits per heavy atom. The molecule has 1 unspecified atom stereocenters. The lowest BCUT2D eigenvalue weighted by Gasteiger charge is -2.32. The van der Waals surface area contributed by atoms with Crippen molar-refractivity contribution in [3.63, 3.8) is 0 Å². The zero-order valence-corrected chi connectivity index (χ0v) is 11.1. The minimum absolute atomic E-state index is 0.444. The Kier molecular flexibility index (Phi) is 5.84. The minimum atomic E-state index is 0.444. The second-order valence-electron chi connectivity index (χ2n) is 4.38. The van der Waals surface area contributed by atoms with Crippen molar-refractivity contribution in [1.29, 1.82) is 0 Å². The van der Waals surface area contributed by atoms with Gasteiger partial charge in [0.1, 0.15) is 0 Å². The Balaban J connectivity index is 2.81. The standard InChI is InChI=1S/C14H24N2O/c1-4-10-16(12(2)9-11-17-3)14-8-6-5-7-13(14)15/h5-8,12H,4,9-11,15H2,1-3H3. The summed E-state index contributed by atoms with van der Waals surface area (Å²) in [6, 6.07) is 8.51. The largest absolute Gasteiger partial charge is 0.397 e. The van der Waals surface area contributed by atoms with Gasteiger partial charge in [-0.25, -0.2) is 0 Å². The molecule has 0 fully saturated rings. The second-order valence-corrected chi connectivity index (χ2v) is 4.38. The maximum absolute atomic E-state index is 6.05. The summed E-state index contributed by atoms with van der Waals surface area (Å²) in [6.45, 7) is 6.23. The van der Waals surface area contributed by atoms with Gasteiger partial charge in [0.2, 0.25) is 0 Å². The van der Waals surface area contributed by atoms with Gasteiger partial charge in [-0.1, -0.05) is 19.1 Å². The monoisotopic (exact) mass is 236 g/mol. The van der Waals surface area contributed by atoms with Crippen molar-refractivity contribution >= 4 is 11.4 Å². The molecule has 3 heteroatoms. The van der Waals surface area contributed by atoms with E-state index in [1.807, 2.05) is 18.2 Å². The highest BCUT2D eigenvalue weighted by Gasteiger charge is 2.15. The van der Waals surface area contributed by atoms with Crippen LogP contribution in [0.1, 0.15) is 26.7 Å². The van der Waals surface area contributed by atoms with Gasteiger partial charge in [0.05, 0.1) is 11.4 Å². The molecule has 0 heterocycles. The summed E-state index contributed by atoms with van der Waals surface area (Å²) >= 11 is 0. The van der Waals surface area contributed by atoms with Gasteiger partial charge in [-0.3, -0.25) is 0 Å². The molecule has 17 heavy (non-hydrogen) atoms. The Morgan fingerprint density at radius 3 is 2.65 bits per heavy atom. The fraction of sp³-hybridized carbons (Fsp3) is 0.571. The third-order valence-electron chi connectivity index (χ3n) is 2.98. The summed E-state index contributed by atoms with van der Waals surface area (Å²) in [6.07, 6.45) is 2.14. The summed E-state index contributed by atoms with van der Waals surface area (Å²) in [5, 5.41) is 0. The minimum Gasteiger partial charge on any atom is -0.397 e. The lowest BCUT2D eigenvalue weighted by Crippen LogP contribution is -2.35. The third kappa shape index (κ3) is 3.93. The van der Waals surface area contributed by atoms with Gasteiger partial charge in [0, 0.05) is 26.3 Å². The van der Waals surface area contributed by atoms with Gasteiger partial charge in [-0.15, -0.1) is 0 Å². The van der Waals surface area contributed by atoms with Crippen LogP contribution in [0.5, 0.6) is 0 Å². The van der Waals surface area contributed by atoms with Crippen LogP contribution < -0.4 is 10.6 Å². The topological polar surface area (TPSA) is 38.5 Å². The normalized spacial score (nSPS) is 12.4.